The van der Waals surface area contributed by atoms with Crippen LogP contribution < -0.4 is 10.0 Å². The standard InChI is InChI=1S/C23H28N2O4S/c1-17(19-10-6-3-7-11-19)25-30(28,29)22-16-20(23(26)27)12-13-21(22)24-15-14-18-8-4-2-5-9-18/h3,6-8,10-13,16-17,24-25H,2,4-5,9,14-15H2,1H3,(H,26,27)/t17-/m0/s1. The second-order valence-electron chi connectivity index (χ2n) is 7.55. The maximum absolute atomic E-state index is 13.1. The van der Waals surface area contributed by atoms with Gasteiger partial charge in [0.15, 0.2) is 0 Å². The van der Waals surface area contributed by atoms with Gasteiger partial charge in [0.2, 0.25) is 10.0 Å². The first-order valence-corrected chi connectivity index (χ1v) is 11.7. The van der Waals surface area contributed by atoms with E-state index < -0.39 is 22.0 Å². The van der Waals surface area contributed by atoms with Crippen LogP contribution in [-0.2, 0) is 10.0 Å². The van der Waals surface area contributed by atoms with Crippen molar-refractivity contribution in [3.05, 3.63) is 71.3 Å². The number of allylic oxidation sites excluding steroid dienone is 1. The van der Waals surface area contributed by atoms with Gasteiger partial charge in [0.05, 0.1) is 11.3 Å². The Kier molecular flexibility index (Phi) is 7.29. The van der Waals surface area contributed by atoms with Gasteiger partial charge in [0.25, 0.3) is 0 Å². The van der Waals surface area contributed by atoms with Crippen LogP contribution in [0.5, 0.6) is 0 Å². The molecule has 160 valence electrons. The molecule has 1 aliphatic carbocycles. The topological polar surface area (TPSA) is 95.5 Å². The number of nitrogens with one attached hydrogen (secondary N) is 2. The predicted octanol–water partition coefficient (Wildman–Crippen LogP) is 4.73. The van der Waals surface area contributed by atoms with Gasteiger partial charge in [-0.15, -0.1) is 0 Å². The van der Waals surface area contributed by atoms with Gasteiger partial charge < -0.3 is 10.4 Å². The summed E-state index contributed by atoms with van der Waals surface area (Å²) in [6.45, 7) is 2.35. The summed E-state index contributed by atoms with van der Waals surface area (Å²) in [6, 6.07) is 13.0. The van der Waals surface area contributed by atoms with Gasteiger partial charge in [0, 0.05) is 12.6 Å². The van der Waals surface area contributed by atoms with Crippen molar-refractivity contribution < 1.29 is 18.3 Å². The van der Waals surface area contributed by atoms with E-state index in [1.165, 1.54) is 36.6 Å². The Labute approximate surface area is 178 Å². The van der Waals surface area contributed by atoms with Crippen molar-refractivity contribution in [2.45, 2.75) is 50.0 Å². The number of hydrogen-bond donors (Lipinski definition) is 3. The molecule has 1 atom stereocenters. The molecule has 2 aromatic rings. The van der Waals surface area contributed by atoms with Crippen molar-refractivity contribution in [2.24, 2.45) is 0 Å². The molecule has 0 saturated carbocycles. The van der Waals surface area contributed by atoms with Gasteiger partial charge in [-0.3, -0.25) is 0 Å². The van der Waals surface area contributed by atoms with Crippen molar-refractivity contribution in [2.75, 3.05) is 11.9 Å². The number of carboxylic acid groups (broad SMARTS) is 1. The number of anilines is 1. The molecular weight excluding hydrogens is 400 g/mol. The number of benzene rings is 2. The SMILES string of the molecule is C[C@H](NS(=O)(=O)c1cc(C(=O)O)ccc1NCCC1=CCCCC1)c1ccccc1. The van der Waals surface area contributed by atoms with Crippen LogP contribution in [0, 0.1) is 0 Å². The van der Waals surface area contributed by atoms with E-state index in [0.29, 0.717) is 12.2 Å². The zero-order valence-electron chi connectivity index (χ0n) is 17.1. The first kappa shape index (κ1) is 22.1. The minimum Gasteiger partial charge on any atom is -0.478 e. The molecule has 3 N–H and O–H groups in total. The van der Waals surface area contributed by atoms with Crippen LogP contribution in [0.1, 0.15) is 61.0 Å². The Balaban J connectivity index is 1.81. The molecule has 6 nitrogen and oxygen atoms in total. The third kappa shape index (κ3) is 5.70. The van der Waals surface area contributed by atoms with Crippen LogP contribution in [0.4, 0.5) is 5.69 Å². The van der Waals surface area contributed by atoms with Crippen LogP contribution in [-0.4, -0.2) is 26.0 Å². The van der Waals surface area contributed by atoms with Crippen molar-refractivity contribution >= 4 is 21.7 Å². The molecule has 7 heteroatoms. The van der Waals surface area contributed by atoms with Gasteiger partial charge in [-0.05, 0) is 62.8 Å². The lowest BCUT2D eigenvalue weighted by Gasteiger charge is -2.18. The van der Waals surface area contributed by atoms with E-state index in [4.69, 9.17) is 0 Å². The fourth-order valence-electron chi connectivity index (χ4n) is 3.62. The molecule has 0 fully saturated rings. The molecule has 0 spiro atoms. The van der Waals surface area contributed by atoms with Gasteiger partial charge in [-0.1, -0.05) is 42.0 Å². The molecule has 30 heavy (non-hydrogen) atoms. The van der Waals surface area contributed by atoms with Gasteiger partial charge in [-0.2, -0.15) is 0 Å². The van der Waals surface area contributed by atoms with E-state index in [0.717, 1.165) is 24.8 Å². The molecular formula is C23H28N2O4S. The van der Waals surface area contributed by atoms with E-state index in [-0.39, 0.29) is 10.5 Å². The number of hydrogen-bond acceptors (Lipinski definition) is 4. The zero-order valence-corrected chi connectivity index (χ0v) is 17.9. The van der Waals surface area contributed by atoms with Gasteiger partial charge in [-0.25, -0.2) is 17.9 Å². The fraction of sp³-hybridized carbons (Fsp3) is 0.348. The summed E-state index contributed by atoms with van der Waals surface area (Å²) in [7, 11) is -3.94. The Bertz CT molecular complexity index is 1020. The second kappa shape index (κ2) is 9.91. The zero-order chi connectivity index (χ0) is 21.6. The summed E-state index contributed by atoms with van der Waals surface area (Å²) in [4.78, 5) is 11.4. The third-order valence-electron chi connectivity index (χ3n) is 5.30. The van der Waals surface area contributed by atoms with Gasteiger partial charge >= 0.3 is 5.97 Å². The molecule has 0 aromatic heterocycles. The highest BCUT2D eigenvalue weighted by Gasteiger charge is 2.23. The summed E-state index contributed by atoms with van der Waals surface area (Å²) < 4.78 is 28.9. The van der Waals surface area contributed by atoms with E-state index in [2.05, 4.69) is 16.1 Å². The third-order valence-corrected chi connectivity index (χ3v) is 6.88. The first-order valence-electron chi connectivity index (χ1n) is 10.2. The average molecular weight is 429 g/mol. The molecule has 0 amide bonds. The molecule has 0 bridgehead atoms. The highest BCUT2D eigenvalue weighted by Crippen LogP contribution is 2.26. The smallest absolute Gasteiger partial charge is 0.335 e. The molecule has 0 aliphatic heterocycles. The van der Waals surface area contributed by atoms with E-state index in [9.17, 15) is 18.3 Å². The lowest BCUT2D eigenvalue weighted by Crippen LogP contribution is -2.28. The molecule has 3 rings (SSSR count). The Morgan fingerprint density at radius 3 is 2.57 bits per heavy atom. The average Bonchev–Trinajstić information content (AvgIpc) is 2.75. The maximum Gasteiger partial charge on any atom is 0.335 e. The first-order chi connectivity index (χ1) is 14.4. The summed E-state index contributed by atoms with van der Waals surface area (Å²) >= 11 is 0. The molecule has 0 saturated heterocycles. The van der Waals surface area contributed by atoms with E-state index >= 15 is 0 Å². The summed E-state index contributed by atoms with van der Waals surface area (Å²) in [6.07, 6.45) is 7.71. The van der Waals surface area contributed by atoms with Crippen molar-refractivity contribution in [3.63, 3.8) is 0 Å². The molecule has 2 aromatic carbocycles. The highest BCUT2D eigenvalue weighted by atomic mass is 32.2. The lowest BCUT2D eigenvalue weighted by atomic mass is 9.97. The monoisotopic (exact) mass is 428 g/mol. The molecule has 0 heterocycles. The molecule has 0 radical (unpaired) electrons. The van der Waals surface area contributed by atoms with Crippen molar-refractivity contribution in [3.8, 4) is 0 Å². The highest BCUT2D eigenvalue weighted by molar-refractivity contribution is 7.89. The Morgan fingerprint density at radius 1 is 1.13 bits per heavy atom. The Morgan fingerprint density at radius 2 is 1.90 bits per heavy atom. The number of rotatable bonds is 9. The van der Waals surface area contributed by atoms with Crippen LogP contribution in [0.2, 0.25) is 0 Å². The van der Waals surface area contributed by atoms with E-state index in [1.54, 1.807) is 6.92 Å². The van der Waals surface area contributed by atoms with Crippen molar-refractivity contribution in [1.82, 2.24) is 4.72 Å². The number of carboxylic acids is 1. The van der Waals surface area contributed by atoms with Crippen molar-refractivity contribution in [1.29, 1.82) is 0 Å². The Hall–Kier alpha value is -2.64. The summed E-state index contributed by atoms with van der Waals surface area (Å²) in [5.41, 5.74) is 2.55. The number of aromatic carboxylic acids is 1. The molecule has 0 unspecified atom stereocenters. The lowest BCUT2D eigenvalue weighted by molar-refractivity contribution is 0.0696. The maximum atomic E-state index is 13.1. The van der Waals surface area contributed by atoms with E-state index in [1.807, 2.05) is 30.3 Å². The fourth-order valence-corrected chi connectivity index (χ4v) is 5.06. The summed E-state index contributed by atoms with van der Waals surface area (Å²) in [5.74, 6) is -1.17. The minimum atomic E-state index is -3.94. The van der Waals surface area contributed by atoms with Crippen LogP contribution in [0.3, 0.4) is 0 Å². The quantitative estimate of drug-likeness (QED) is 0.502. The largest absolute Gasteiger partial charge is 0.478 e. The minimum absolute atomic E-state index is 0.0530. The van der Waals surface area contributed by atoms with Crippen LogP contribution >= 0.6 is 0 Å². The number of carbonyl (C=O) groups is 1. The number of sulfonamides is 1. The normalized spacial score (nSPS) is 15.3. The molecule has 1 aliphatic rings. The van der Waals surface area contributed by atoms with Crippen LogP contribution in [0.15, 0.2) is 65.1 Å². The second-order valence-corrected chi connectivity index (χ2v) is 9.24. The summed E-state index contributed by atoms with van der Waals surface area (Å²) in [5, 5.41) is 12.5. The predicted molar refractivity (Wildman–Crippen MR) is 118 cm³/mol. The van der Waals surface area contributed by atoms with Crippen LogP contribution in [0.25, 0.3) is 0 Å². The van der Waals surface area contributed by atoms with Gasteiger partial charge in [0.1, 0.15) is 4.90 Å².